The van der Waals surface area contributed by atoms with Crippen LogP contribution in [0.4, 0.5) is 5.69 Å². The summed E-state index contributed by atoms with van der Waals surface area (Å²) in [5.41, 5.74) is 3.99. The second-order valence-electron chi connectivity index (χ2n) is 5.03. The molecule has 0 fully saturated rings. The minimum absolute atomic E-state index is 0.150. The zero-order chi connectivity index (χ0) is 17.7. The zero-order valence-corrected chi connectivity index (χ0v) is 13.5. The van der Waals surface area contributed by atoms with Crippen molar-refractivity contribution in [1.29, 1.82) is 0 Å². The number of aromatic nitrogens is 2. The minimum atomic E-state index is -0.790. The number of amides is 1. The molecule has 0 radical (unpaired) electrons. The van der Waals surface area contributed by atoms with Crippen LogP contribution < -0.4 is 10.2 Å². The van der Waals surface area contributed by atoms with Crippen molar-refractivity contribution < 1.29 is 14.5 Å². The van der Waals surface area contributed by atoms with Crippen LogP contribution in [0.25, 0.3) is 0 Å². The number of nitrogens with one attached hydrogen (secondary N) is 1. The Bertz CT molecular complexity index is 784. The summed E-state index contributed by atoms with van der Waals surface area (Å²) in [6.07, 6.45) is 2.68. The SMILES string of the molecule is COc1nn(C(C)C(=O)N/N=C/c2ccccc2C)cc1[N+](=O)[O-]. The number of rotatable bonds is 6. The number of methoxy groups -OCH3 is 1. The van der Waals surface area contributed by atoms with Gasteiger partial charge >= 0.3 is 11.6 Å². The first-order valence-corrected chi connectivity index (χ1v) is 7.10. The maximum Gasteiger partial charge on any atom is 0.350 e. The van der Waals surface area contributed by atoms with E-state index in [0.717, 1.165) is 22.0 Å². The molecular weight excluding hydrogens is 314 g/mol. The molecular formula is C15H17N5O4. The molecule has 1 unspecified atom stereocenters. The Labute approximate surface area is 138 Å². The molecule has 24 heavy (non-hydrogen) atoms. The van der Waals surface area contributed by atoms with Gasteiger partial charge in [0.1, 0.15) is 12.2 Å². The first-order chi connectivity index (χ1) is 11.4. The van der Waals surface area contributed by atoms with E-state index in [0.29, 0.717) is 0 Å². The highest BCUT2D eigenvalue weighted by molar-refractivity contribution is 5.84. The third-order valence-corrected chi connectivity index (χ3v) is 3.41. The first kappa shape index (κ1) is 17.1. The zero-order valence-electron chi connectivity index (χ0n) is 13.5. The topological polar surface area (TPSA) is 112 Å². The van der Waals surface area contributed by atoms with Crippen LogP contribution in [0.1, 0.15) is 24.1 Å². The van der Waals surface area contributed by atoms with Crippen LogP contribution in [-0.2, 0) is 4.79 Å². The molecule has 9 nitrogen and oxygen atoms in total. The number of hydrogen-bond donors (Lipinski definition) is 1. The predicted molar refractivity (Wildman–Crippen MR) is 87.1 cm³/mol. The second-order valence-corrected chi connectivity index (χ2v) is 5.03. The Morgan fingerprint density at radius 2 is 2.21 bits per heavy atom. The number of hydrogen-bond acceptors (Lipinski definition) is 6. The molecule has 0 saturated heterocycles. The summed E-state index contributed by atoms with van der Waals surface area (Å²) in [4.78, 5) is 22.4. The van der Waals surface area contributed by atoms with E-state index in [1.807, 2.05) is 31.2 Å². The highest BCUT2D eigenvalue weighted by Crippen LogP contribution is 2.25. The number of nitrogens with zero attached hydrogens (tertiary/aromatic N) is 4. The minimum Gasteiger partial charge on any atom is -0.475 e. The van der Waals surface area contributed by atoms with Crippen molar-refractivity contribution in [2.75, 3.05) is 7.11 Å². The van der Waals surface area contributed by atoms with Gasteiger partial charge in [0.25, 0.3) is 5.91 Å². The van der Waals surface area contributed by atoms with Crippen LogP contribution in [0, 0.1) is 17.0 Å². The number of carbonyl (C=O) groups is 1. The number of benzene rings is 1. The number of nitro groups is 1. The number of aryl methyl sites for hydroxylation is 1. The van der Waals surface area contributed by atoms with Gasteiger partial charge in [0.15, 0.2) is 0 Å². The summed E-state index contributed by atoms with van der Waals surface area (Å²) >= 11 is 0. The van der Waals surface area contributed by atoms with Gasteiger partial charge in [-0.2, -0.15) is 5.10 Å². The maximum atomic E-state index is 12.1. The van der Waals surface area contributed by atoms with Crippen LogP contribution >= 0.6 is 0 Å². The van der Waals surface area contributed by atoms with Gasteiger partial charge in [-0.25, -0.2) is 10.1 Å². The average molecular weight is 331 g/mol. The quantitative estimate of drug-likeness (QED) is 0.493. The van der Waals surface area contributed by atoms with Crippen LogP contribution in [0.5, 0.6) is 5.88 Å². The Kier molecular flexibility index (Phi) is 5.25. The Morgan fingerprint density at radius 1 is 1.50 bits per heavy atom. The van der Waals surface area contributed by atoms with E-state index >= 15 is 0 Å². The molecule has 1 amide bonds. The van der Waals surface area contributed by atoms with Crippen LogP contribution in [-0.4, -0.2) is 33.9 Å². The largest absolute Gasteiger partial charge is 0.475 e. The van der Waals surface area contributed by atoms with E-state index in [9.17, 15) is 14.9 Å². The molecule has 0 bridgehead atoms. The lowest BCUT2D eigenvalue weighted by molar-refractivity contribution is -0.385. The van der Waals surface area contributed by atoms with Gasteiger partial charge in [0.05, 0.1) is 18.2 Å². The van der Waals surface area contributed by atoms with Crippen molar-refractivity contribution in [3.05, 3.63) is 51.7 Å². The molecule has 2 rings (SSSR count). The number of hydrazone groups is 1. The molecule has 9 heteroatoms. The lowest BCUT2D eigenvalue weighted by atomic mass is 10.1. The lowest BCUT2D eigenvalue weighted by Crippen LogP contribution is -2.27. The predicted octanol–water partition coefficient (Wildman–Crippen LogP) is 1.82. The molecule has 0 spiro atoms. The fourth-order valence-corrected chi connectivity index (χ4v) is 1.95. The Balaban J connectivity index is 2.07. The van der Waals surface area contributed by atoms with Crippen molar-refractivity contribution in [3.63, 3.8) is 0 Å². The smallest absolute Gasteiger partial charge is 0.350 e. The molecule has 0 aliphatic heterocycles. The summed E-state index contributed by atoms with van der Waals surface area (Å²) in [5, 5.41) is 18.7. The van der Waals surface area contributed by atoms with Gasteiger partial charge in [0, 0.05) is 0 Å². The summed E-state index contributed by atoms with van der Waals surface area (Å²) in [5.74, 6) is -0.608. The molecule has 1 N–H and O–H groups in total. The van der Waals surface area contributed by atoms with Crippen LogP contribution in [0.2, 0.25) is 0 Å². The molecule has 1 aromatic carbocycles. The van der Waals surface area contributed by atoms with E-state index in [4.69, 9.17) is 4.74 Å². The molecule has 0 aliphatic rings. The molecule has 2 aromatic rings. The lowest BCUT2D eigenvalue weighted by Gasteiger charge is -2.09. The fourth-order valence-electron chi connectivity index (χ4n) is 1.95. The monoisotopic (exact) mass is 331 g/mol. The van der Waals surface area contributed by atoms with Crippen LogP contribution in [0.3, 0.4) is 0 Å². The summed E-state index contributed by atoms with van der Waals surface area (Å²) < 4.78 is 6.00. The van der Waals surface area contributed by atoms with Crippen molar-refractivity contribution in [1.82, 2.24) is 15.2 Å². The third-order valence-electron chi connectivity index (χ3n) is 3.41. The van der Waals surface area contributed by atoms with E-state index in [1.54, 1.807) is 6.92 Å². The highest BCUT2D eigenvalue weighted by atomic mass is 16.6. The van der Waals surface area contributed by atoms with E-state index < -0.39 is 16.9 Å². The molecule has 1 aromatic heterocycles. The van der Waals surface area contributed by atoms with Gasteiger partial charge in [-0.3, -0.25) is 14.9 Å². The van der Waals surface area contributed by atoms with E-state index in [2.05, 4.69) is 15.6 Å². The first-order valence-electron chi connectivity index (χ1n) is 7.10. The molecule has 126 valence electrons. The van der Waals surface area contributed by atoms with E-state index in [1.165, 1.54) is 13.3 Å². The van der Waals surface area contributed by atoms with Gasteiger partial charge in [-0.15, -0.1) is 5.10 Å². The van der Waals surface area contributed by atoms with Gasteiger partial charge in [0.2, 0.25) is 0 Å². The summed E-state index contributed by atoms with van der Waals surface area (Å²) in [6, 6.07) is 6.79. The van der Waals surface area contributed by atoms with Gasteiger partial charge < -0.3 is 4.74 Å². The van der Waals surface area contributed by atoms with Gasteiger partial charge in [-0.1, -0.05) is 24.3 Å². The fraction of sp³-hybridized carbons (Fsp3) is 0.267. The van der Waals surface area contributed by atoms with Crippen LogP contribution in [0.15, 0.2) is 35.6 Å². The molecule has 1 atom stereocenters. The molecule has 0 saturated carbocycles. The molecule has 0 aliphatic carbocycles. The van der Waals surface area contributed by atoms with E-state index in [-0.39, 0.29) is 11.6 Å². The van der Waals surface area contributed by atoms with Crippen molar-refractivity contribution >= 4 is 17.8 Å². The normalized spacial score (nSPS) is 12.1. The number of carbonyl (C=O) groups excluding carboxylic acids is 1. The van der Waals surface area contributed by atoms with Crippen molar-refractivity contribution in [3.8, 4) is 5.88 Å². The Hall–Kier alpha value is -3.23. The average Bonchev–Trinajstić information content (AvgIpc) is 3.00. The second kappa shape index (κ2) is 7.36. The molecule has 1 heterocycles. The summed E-state index contributed by atoms with van der Waals surface area (Å²) in [6.45, 7) is 3.48. The number of ether oxygens (including phenoxy) is 1. The maximum absolute atomic E-state index is 12.1. The summed E-state index contributed by atoms with van der Waals surface area (Å²) in [7, 11) is 1.27. The van der Waals surface area contributed by atoms with Gasteiger partial charge in [-0.05, 0) is 25.0 Å². The third kappa shape index (κ3) is 3.75. The van der Waals surface area contributed by atoms with Crippen molar-refractivity contribution in [2.24, 2.45) is 5.10 Å². The highest BCUT2D eigenvalue weighted by Gasteiger charge is 2.25. The Morgan fingerprint density at radius 3 is 2.79 bits per heavy atom. The standard InChI is InChI=1S/C15H17N5O4/c1-10-6-4-5-7-12(10)8-16-17-14(21)11(2)19-9-13(20(22)23)15(18-19)24-3/h4-9,11H,1-3H3,(H,17,21)/b16-8+. The van der Waals surface area contributed by atoms with Crippen molar-refractivity contribution in [2.45, 2.75) is 19.9 Å².